The number of ether oxygens (including phenoxy) is 2. The predicted octanol–water partition coefficient (Wildman–Crippen LogP) is 5.37. The first-order chi connectivity index (χ1) is 15.8. The van der Waals surface area contributed by atoms with Gasteiger partial charge in [0, 0.05) is 41.3 Å². The number of Topliss-reactive ketones (excluding diaryl/α,β-unsaturated/α-hetero) is 1. The molecule has 33 heavy (non-hydrogen) atoms. The highest BCUT2D eigenvalue weighted by Gasteiger charge is 2.41. The summed E-state index contributed by atoms with van der Waals surface area (Å²) in [6, 6.07) is 15.0. The summed E-state index contributed by atoms with van der Waals surface area (Å²) in [7, 11) is 1.48. The van der Waals surface area contributed by atoms with Crippen molar-refractivity contribution in [2.24, 2.45) is 10.9 Å². The number of benzene rings is 2. The van der Waals surface area contributed by atoms with E-state index in [2.05, 4.69) is 6.07 Å². The average Bonchev–Trinajstić information content (AvgIpc) is 2.78. The summed E-state index contributed by atoms with van der Waals surface area (Å²) in [6.07, 6.45) is 0.948. The van der Waals surface area contributed by atoms with E-state index in [1.54, 1.807) is 18.2 Å². The van der Waals surface area contributed by atoms with Gasteiger partial charge in [0.15, 0.2) is 17.3 Å². The van der Waals surface area contributed by atoms with E-state index in [1.165, 1.54) is 14.0 Å². The summed E-state index contributed by atoms with van der Waals surface area (Å²) in [5.74, 6) is -0.867. The third kappa shape index (κ3) is 4.42. The van der Waals surface area contributed by atoms with Gasteiger partial charge in [-0.2, -0.15) is 5.26 Å². The largest absolute Gasteiger partial charge is 0.493 e. The molecule has 0 bridgehead atoms. The molecule has 0 spiro atoms. The highest BCUT2D eigenvalue weighted by atomic mass is 35.5. The molecule has 1 unspecified atom stereocenters. The number of methoxy groups -OCH3 is 1. The van der Waals surface area contributed by atoms with Gasteiger partial charge in [-0.05, 0) is 54.7 Å². The lowest BCUT2D eigenvalue weighted by Gasteiger charge is -2.35. The third-order valence-corrected chi connectivity index (χ3v) is 6.42. The maximum atomic E-state index is 13.4. The number of nitriles is 1. The number of nitrogens with zero attached hydrogens (tertiary/aromatic N) is 2. The summed E-state index contributed by atoms with van der Waals surface area (Å²) in [6.45, 7) is 3.14. The molecule has 7 heteroatoms. The topological polar surface area (TPSA) is 88.8 Å². The SMILES string of the molecule is COc1cc([C@H]2C3=C(C[C@@H](c4ccc(Cl)cc4)CC3=O)N=C(C)C2C#N)ccc1OC(C)=O. The highest BCUT2D eigenvalue weighted by molar-refractivity contribution is 6.30. The van der Waals surface area contributed by atoms with Gasteiger partial charge in [-0.15, -0.1) is 0 Å². The van der Waals surface area contributed by atoms with Crippen molar-refractivity contribution in [2.75, 3.05) is 7.11 Å². The first kappa shape index (κ1) is 22.8. The Hall–Kier alpha value is -3.43. The molecule has 0 saturated heterocycles. The molecule has 168 valence electrons. The van der Waals surface area contributed by atoms with E-state index < -0.39 is 17.8 Å². The van der Waals surface area contributed by atoms with Crippen LogP contribution in [0.1, 0.15) is 49.7 Å². The molecule has 1 aliphatic heterocycles. The fraction of sp³-hybridized carbons (Fsp3) is 0.308. The van der Waals surface area contributed by atoms with Gasteiger partial charge in [0.1, 0.15) is 0 Å². The van der Waals surface area contributed by atoms with Gasteiger partial charge >= 0.3 is 5.97 Å². The second-order valence-electron chi connectivity index (χ2n) is 8.28. The van der Waals surface area contributed by atoms with Crippen molar-refractivity contribution < 1.29 is 19.1 Å². The van der Waals surface area contributed by atoms with Crippen LogP contribution in [0.15, 0.2) is 58.7 Å². The van der Waals surface area contributed by atoms with Gasteiger partial charge in [-0.1, -0.05) is 29.8 Å². The molecule has 0 fully saturated rings. The molecule has 0 saturated carbocycles. The van der Waals surface area contributed by atoms with E-state index in [0.29, 0.717) is 34.9 Å². The zero-order chi connectivity index (χ0) is 23.7. The molecule has 1 heterocycles. The van der Waals surface area contributed by atoms with Crippen LogP contribution >= 0.6 is 11.6 Å². The van der Waals surface area contributed by atoms with Crippen LogP contribution in [0.5, 0.6) is 11.5 Å². The molecule has 1 aliphatic carbocycles. The van der Waals surface area contributed by atoms with Crippen LogP contribution < -0.4 is 9.47 Å². The Kier molecular flexibility index (Phi) is 6.35. The molecule has 2 aliphatic rings. The number of carbonyl (C=O) groups is 2. The van der Waals surface area contributed by atoms with Crippen LogP contribution in [0.2, 0.25) is 5.02 Å². The Morgan fingerprint density at radius 1 is 1.12 bits per heavy atom. The van der Waals surface area contributed by atoms with Crippen LogP contribution in [0.25, 0.3) is 0 Å². The van der Waals surface area contributed by atoms with Crippen LogP contribution in [0.4, 0.5) is 0 Å². The number of aliphatic imine (C=N–C) groups is 1. The number of halogens is 1. The van der Waals surface area contributed by atoms with Gasteiger partial charge in [0.25, 0.3) is 0 Å². The molecule has 3 atom stereocenters. The quantitative estimate of drug-likeness (QED) is 0.450. The average molecular weight is 463 g/mol. The van der Waals surface area contributed by atoms with E-state index in [0.717, 1.165) is 16.8 Å². The van der Waals surface area contributed by atoms with Crippen LogP contribution in [-0.4, -0.2) is 24.6 Å². The number of ketones is 1. The zero-order valence-electron chi connectivity index (χ0n) is 18.6. The minimum atomic E-state index is -0.580. The fourth-order valence-corrected chi connectivity index (χ4v) is 4.80. The van der Waals surface area contributed by atoms with Crippen LogP contribution in [0.3, 0.4) is 0 Å². The van der Waals surface area contributed by atoms with Gasteiger partial charge in [0.2, 0.25) is 0 Å². The van der Waals surface area contributed by atoms with E-state index in [9.17, 15) is 14.9 Å². The summed E-state index contributed by atoms with van der Waals surface area (Å²) in [5, 5.41) is 10.6. The highest BCUT2D eigenvalue weighted by Crippen LogP contribution is 2.47. The van der Waals surface area contributed by atoms with E-state index in [1.807, 2.05) is 31.2 Å². The Labute approximate surface area is 197 Å². The van der Waals surface area contributed by atoms with Gasteiger partial charge in [-0.3, -0.25) is 14.6 Å². The van der Waals surface area contributed by atoms with Crippen molar-refractivity contribution in [3.05, 3.63) is 69.9 Å². The molecule has 2 aromatic carbocycles. The monoisotopic (exact) mass is 462 g/mol. The van der Waals surface area contributed by atoms with Crippen molar-refractivity contribution in [1.82, 2.24) is 0 Å². The Bertz CT molecular complexity index is 1220. The Morgan fingerprint density at radius 2 is 1.82 bits per heavy atom. The van der Waals surface area contributed by atoms with Crippen molar-refractivity contribution >= 4 is 29.1 Å². The Balaban J connectivity index is 1.77. The van der Waals surface area contributed by atoms with E-state index >= 15 is 0 Å². The predicted molar refractivity (Wildman–Crippen MR) is 125 cm³/mol. The summed E-state index contributed by atoms with van der Waals surface area (Å²) < 4.78 is 10.6. The smallest absolute Gasteiger partial charge is 0.308 e. The summed E-state index contributed by atoms with van der Waals surface area (Å²) in [5.41, 5.74) is 3.77. The lowest BCUT2D eigenvalue weighted by atomic mass is 9.69. The van der Waals surface area contributed by atoms with Crippen molar-refractivity contribution in [1.29, 1.82) is 5.26 Å². The summed E-state index contributed by atoms with van der Waals surface area (Å²) >= 11 is 6.03. The Morgan fingerprint density at radius 3 is 2.45 bits per heavy atom. The number of esters is 1. The number of hydrogen-bond donors (Lipinski definition) is 0. The van der Waals surface area contributed by atoms with E-state index in [4.69, 9.17) is 26.1 Å². The number of hydrogen-bond acceptors (Lipinski definition) is 6. The van der Waals surface area contributed by atoms with Crippen molar-refractivity contribution in [3.8, 4) is 17.6 Å². The van der Waals surface area contributed by atoms with E-state index in [-0.39, 0.29) is 17.5 Å². The van der Waals surface area contributed by atoms with Crippen LogP contribution in [-0.2, 0) is 9.59 Å². The molecule has 4 rings (SSSR count). The minimum Gasteiger partial charge on any atom is -0.493 e. The molecule has 0 N–H and O–H groups in total. The normalized spacial score (nSPS) is 22.2. The molecule has 0 amide bonds. The van der Waals surface area contributed by atoms with Gasteiger partial charge < -0.3 is 9.47 Å². The molecule has 2 aromatic rings. The first-order valence-electron chi connectivity index (χ1n) is 10.6. The maximum absolute atomic E-state index is 13.4. The molecule has 0 aromatic heterocycles. The number of allylic oxidation sites excluding steroid dienone is 2. The zero-order valence-corrected chi connectivity index (χ0v) is 19.3. The van der Waals surface area contributed by atoms with Crippen LogP contribution in [0, 0.1) is 17.2 Å². The second kappa shape index (κ2) is 9.21. The first-order valence-corrected chi connectivity index (χ1v) is 11.0. The lowest BCUT2D eigenvalue weighted by molar-refractivity contribution is -0.132. The maximum Gasteiger partial charge on any atom is 0.308 e. The van der Waals surface area contributed by atoms with Gasteiger partial charge in [0.05, 0.1) is 19.1 Å². The fourth-order valence-electron chi connectivity index (χ4n) is 4.67. The van der Waals surface area contributed by atoms with Crippen molar-refractivity contribution in [2.45, 2.75) is 38.5 Å². The lowest BCUT2D eigenvalue weighted by Crippen LogP contribution is -2.32. The molecule has 0 radical (unpaired) electrons. The molecule has 6 nitrogen and oxygen atoms in total. The molecular weight excluding hydrogens is 440 g/mol. The minimum absolute atomic E-state index is 0.00484. The standard InChI is InChI=1S/C26H23ClN2O4/c1-14-20(13-28)25(17-6-9-23(33-15(2)30)24(12-17)32-3)26-21(29-14)10-18(11-22(26)31)16-4-7-19(27)8-5-16/h4-9,12,18,20,25H,10-11H2,1-3H3/t18-,20?,25-/m1/s1. The number of rotatable bonds is 4. The van der Waals surface area contributed by atoms with Gasteiger partial charge in [-0.25, -0.2) is 0 Å². The van der Waals surface area contributed by atoms with Crippen molar-refractivity contribution in [3.63, 3.8) is 0 Å². The number of carbonyl (C=O) groups excluding carboxylic acids is 2. The summed E-state index contributed by atoms with van der Waals surface area (Å²) in [4.78, 5) is 29.5. The molecular formula is C26H23ClN2O4. The third-order valence-electron chi connectivity index (χ3n) is 6.17. The second-order valence-corrected chi connectivity index (χ2v) is 8.72.